The van der Waals surface area contributed by atoms with E-state index in [1.165, 1.54) is 13.3 Å². The third-order valence-corrected chi connectivity index (χ3v) is 4.99. The number of hydrogen-bond acceptors (Lipinski definition) is 6. The molecule has 1 N–H and O–H groups in total. The molecule has 0 spiro atoms. The molecule has 8 heteroatoms. The van der Waals surface area contributed by atoms with Gasteiger partial charge in [0.05, 0.1) is 37.0 Å². The van der Waals surface area contributed by atoms with Crippen LogP contribution >= 0.6 is 0 Å². The Balaban J connectivity index is 1.81. The molecule has 3 rings (SSSR count). The normalized spacial score (nSPS) is 20.0. The highest BCUT2D eigenvalue weighted by molar-refractivity contribution is 5.78. The Bertz CT molecular complexity index is 884. The standard InChI is InChI=1S/C21H28FN3O4/c1-21(2,3)29-20(27)25-12-14(26)7-5-13(25)6-8-15-16(22)11-23-17-9-10-18(28-4)24-19(15)17/h9-11,13-14,26H,5-8,12H2,1-4H3/t13-,14-/m1/s1. The second-order valence-corrected chi connectivity index (χ2v) is 8.36. The minimum Gasteiger partial charge on any atom is -0.481 e. The molecule has 0 aliphatic carbocycles. The Morgan fingerprint density at radius 3 is 2.79 bits per heavy atom. The minimum atomic E-state index is -0.627. The van der Waals surface area contributed by atoms with Crippen LogP contribution < -0.4 is 4.74 Å². The van der Waals surface area contributed by atoms with Crippen LogP contribution in [0.3, 0.4) is 0 Å². The number of aryl methyl sites for hydroxylation is 1. The fourth-order valence-corrected chi connectivity index (χ4v) is 3.59. The van der Waals surface area contributed by atoms with E-state index in [2.05, 4.69) is 9.97 Å². The number of amides is 1. The number of β-amino-alcohol motifs (C(OH)–C–C–N with tert-alkyl or cyclic N) is 1. The van der Waals surface area contributed by atoms with Crippen molar-refractivity contribution in [2.24, 2.45) is 0 Å². The van der Waals surface area contributed by atoms with Crippen molar-refractivity contribution in [1.29, 1.82) is 0 Å². The number of hydrogen-bond donors (Lipinski definition) is 1. The monoisotopic (exact) mass is 405 g/mol. The van der Waals surface area contributed by atoms with E-state index in [-0.39, 0.29) is 12.6 Å². The molecule has 0 unspecified atom stereocenters. The lowest BCUT2D eigenvalue weighted by Crippen LogP contribution is -2.50. The van der Waals surface area contributed by atoms with Crippen molar-refractivity contribution < 1.29 is 23.8 Å². The molecule has 1 amide bonds. The molecule has 3 heterocycles. The van der Waals surface area contributed by atoms with Crippen LogP contribution in [0.5, 0.6) is 5.88 Å². The van der Waals surface area contributed by atoms with Gasteiger partial charge >= 0.3 is 6.09 Å². The first-order chi connectivity index (χ1) is 13.7. The topological polar surface area (TPSA) is 84.8 Å². The molecule has 29 heavy (non-hydrogen) atoms. The molecule has 1 aliphatic heterocycles. The number of carbonyl (C=O) groups is 1. The van der Waals surface area contributed by atoms with E-state index in [1.807, 2.05) is 0 Å². The molecule has 1 fully saturated rings. The second-order valence-electron chi connectivity index (χ2n) is 8.36. The third kappa shape index (κ3) is 5.12. The van der Waals surface area contributed by atoms with Crippen molar-refractivity contribution in [2.75, 3.05) is 13.7 Å². The van der Waals surface area contributed by atoms with Crippen molar-refractivity contribution in [1.82, 2.24) is 14.9 Å². The summed E-state index contributed by atoms with van der Waals surface area (Å²) in [5.74, 6) is -0.0414. The summed E-state index contributed by atoms with van der Waals surface area (Å²) in [6, 6.07) is 3.28. The Hall–Kier alpha value is -2.48. The number of fused-ring (bicyclic) bond motifs is 1. The van der Waals surface area contributed by atoms with E-state index < -0.39 is 23.6 Å². The molecule has 0 radical (unpaired) electrons. The molecule has 158 valence electrons. The van der Waals surface area contributed by atoms with Crippen LogP contribution in [-0.4, -0.2) is 57.5 Å². The Morgan fingerprint density at radius 1 is 1.34 bits per heavy atom. The average molecular weight is 405 g/mol. The summed E-state index contributed by atoms with van der Waals surface area (Å²) in [5.41, 5.74) is 0.871. The van der Waals surface area contributed by atoms with Crippen LogP contribution in [0, 0.1) is 5.82 Å². The number of carbonyl (C=O) groups excluding carboxylic acids is 1. The SMILES string of the molecule is COc1ccc2ncc(F)c(CC[C@H]3CC[C@@H](O)CN3C(=O)OC(C)(C)C)c2n1. The molecule has 0 saturated carbocycles. The van der Waals surface area contributed by atoms with Crippen molar-refractivity contribution in [3.05, 3.63) is 29.7 Å². The van der Waals surface area contributed by atoms with Gasteiger partial charge in [-0.25, -0.2) is 14.2 Å². The third-order valence-electron chi connectivity index (χ3n) is 4.99. The number of rotatable bonds is 4. The molecule has 0 bridgehead atoms. The number of aliphatic hydroxyl groups excluding tert-OH is 1. The minimum absolute atomic E-state index is 0.151. The highest BCUT2D eigenvalue weighted by Gasteiger charge is 2.33. The van der Waals surface area contributed by atoms with Gasteiger partial charge in [-0.2, -0.15) is 0 Å². The predicted octanol–water partition coefficient (Wildman–Crippen LogP) is 3.47. The van der Waals surface area contributed by atoms with Crippen LogP contribution in [0.25, 0.3) is 11.0 Å². The van der Waals surface area contributed by atoms with Gasteiger partial charge in [-0.15, -0.1) is 0 Å². The lowest BCUT2D eigenvalue weighted by molar-refractivity contribution is -0.0141. The van der Waals surface area contributed by atoms with Crippen LogP contribution in [0.4, 0.5) is 9.18 Å². The predicted molar refractivity (Wildman–Crippen MR) is 106 cm³/mol. The molecule has 7 nitrogen and oxygen atoms in total. The number of aliphatic hydroxyl groups is 1. The van der Waals surface area contributed by atoms with Gasteiger partial charge in [0.25, 0.3) is 0 Å². The second kappa shape index (κ2) is 8.49. The fraction of sp³-hybridized carbons (Fsp3) is 0.571. The van der Waals surface area contributed by atoms with Gasteiger partial charge < -0.3 is 19.5 Å². The summed E-state index contributed by atoms with van der Waals surface area (Å²) in [6.07, 6.45) is 2.29. The zero-order valence-electron chi connectivity index (χ0n) is 17.3. The molecule has 0 aromatic carbocycles. The van der Waals surface area contributed by atoms with Gasteiger partial charge in [-0.3, -0.25) is 4.98 Å². The van der Waals surface area contributed by atoms with Crippen LogP contribution in [0.2, 0.25) is 0 Å². The lowest BCUT2D eigenvalue weighted by atomic mass is 9.94. The first-order valence-electron chi connectivity index (χ1n) is 9.83. The van der Waals surface area contributed by atoms with E-state index in [0.717, 1.165) is 0 Å². The molecule has 2 aromatic heterocycles. The average Bonchev–Trinajstić information content (AvgIpc) is 2.66. The Morgan fingerprint density at radius 2 is 2.10 bits per heavy atom. The number of likely N-dealkylation sites (tertiary alicyclic amines) is 1. The maximum Gasteiger partial charge on any atom is 0.410 e. The number of halogens is 1. The lowest BCUT2D eigenvalue weighted by Gasteiger charge is -2.38. The quantitative estimate of drug-likeness (QED) is 0.838. The maximum absolute atomic E-state index is 14.6. The van der Waals surface area contributed by atoms with Crippen LogP contribution in [0.1, 0.15) is 45.6 Å². The molecule has 1 aliphatic rings. The fourth-order valence-electron chi connectivity index (χ4n) is 3.59. The van der Waals surface area contributed by atoms with Gasteiger partial charge in [0.2, 0.25) is 5.88 Å². The first kappa shape index (κ1) is 21.2. The summed E-state index contributed by atoms with van der Waals surface area (Å²) in [6.45, 7) is 5.62. The Kier molecular flexibility index (Phi) is 6.21. The van der Waals surface area contributed by atoms with Crippen molar-refractivity contribution in [3.8, 4) is 5.88 Å². The highest BCUT2D eigenvalue weighted by atomic mass is 19.1. The highest BCUT2D eigenvalue weighted by Crippen LogP contribution is 2.27. The first-order valence-corrected chi connectivity index (χ1v) is 9.83. The zero-order chi connectivity index (χ0) is 21.2. The summed E-state index contributed by atoms with van der Waals surface area (Å²) in [4.78, 5) is 22.6. The van der Waals surface area contributed by atoms with E-state index in [9.17, 15) is 14.3 Å². The van der Waals surface area contributed by atoms with E-state index in [1.54, 1.807) is 37.8 Å². The number of nitrogens with zero attached hydrogens (tertiary/aromatic N) is 3. The number of ether oxygens (including phenoxy) is 2. The van der Waals surface area contributed by atoms with E-state index >= 15 is 0 Å². The maximum atomic E-state index is 14.6. The summed E-state index contributed by atoms with van der Waals surface area (Å²) in [5, 5.41) is 10.0. The zero-order valence-corrected chi connectivity index (χ0v) is 17.3. The van der Waals surface area contributed by atoms with Crippen molar-refractivity contribution >= 4 is 17.1 Å². The van der Waals surface area contributed by atoms with Crippen molar-refractivity contribution in [3.63, 3.8) is 0 Å². The van der Waals surface area contributed by atoms with E-state index in [4.69, 9.17) is 9.47 Å². The van der Waals surface area contributed by atoms with Gasteiger partial charge in [-0.1, -0.05) is 0 Å². The van der Waals surface area contributed by atoms with Gasteiger partial charge in [0, 0.05) is 17.7 Å². The van der Waals surface area contributed by atoms with Crippen molar-refractivity contribution in [2.45, 2.75) is 64.2 Å². The van der Waals surface area contributed by atoms with E-state index in [0.29, 0.717) is 48.2 Å². The molecule has 2 atom stereocenters. The summed E-state index contributed by atoms with van der Waals surface area (Å²) >= 11 is 0. The molecular formula is C21H28FN3O4. The Labute approximate surface area is 169 Å². The summed E-state index contributed by atoms with van der Waals surface area (Å²) in [7, 11) is 1.51. The molecule has 1 saturated heterocycles. The largest absolute Gasteiger partial charge is 0.481 e. The number of pyridine rings is 2. The smallest absolute Gasteiger partial charge is 0.410 e. The number of aromatic nitrogens is 2. The molecular weight excluding hydrogens is 377 g/mol. The van der Waals surface area contributed by atoms with Gasteiger partial charge in [-0.05, 0) is 52.5 Å². The summed E-state index contributed by atoms with van der Waals surface area (Å²) < 4.78 is 25.2. The van der Waals surface area contributed by atoms with Gasteiger partial charge in [0.15, 0.2) is 0 Å². The number of methoxy groups -OCH3 is 1. The number of piperidine rings is 1. The molecule has 2 aromatic rings. The van der Waals surface area contributed by atoms with Crippen LogP contribution in [-0.2, 0) is 11.2 Å². The van der Waals surface area contributed by atoms with Crippen LogP contribution in [0.15, 0.2) is 18.3 Å². The van der Waals surface area contributed by atoms with Gasteiger partial charge in [0.1, 0.15) is 11.4 Å².